The molecule has 0 N–H and O–H groups in total. The number of aromatic nitrogens is 1. The molecule has 0 amide bonds. The molecule has 5 nitrogen and oxygen atoms in total. The lowest BCUT2D eigenvalue weighted by atomic mass is 9.79. The molecular weight excluding hydrogens is 328 g/mol. The summed E-state index contributed by atoms with van der Waals surface area (Å²) in [6.45, 7) is 7.41. The van der Waals surface area contributed by atoms with Crippen molar-refractivity contribution >= 4 is 11.1 Å². The third-order valence-corrected chi connectivity index (χ3v) is 6.52. The van der Waals surface area contributed by atoms with Crippen LogP contribution in [0.15, 0.2) is 33.5 Å². The molecule has 5 heteroatoms. The van der Waals surface area contributed by atoms with E-state index >= 15 is 0 Å². The van der Waals surface area contributed by atoms with Crippen LogP contribution in [-0.4, -0.2) is 40.8 Å². The summed E-state index contributed by atoms with van der Waals surface area (Å²) < 4.78 is 13.1. The van der Waals surface area contributed by atoms with Gasteiger partial charge in [0.2, 0.25) is 0 Å². The number of likely N-dealkylation sites (tertiary alicyclic amines) is 1. The third kappa shape index (κ3) is 3.23. The number of oxazole rings is 1. The molecule has 2 heterocycles. The molecule has 0 unspecified atom stereocenters. The normalized spacial score (nSPS) is 28.6. The van der Waals surface area contributed by atoms with Crippen molar-refractivity contribution in [1.29, 1.82) is 0 Å². The second-order valence-electron chi connectivity index (χ2n) is 8.08. The zero-order chi connectivity index (χ0) is 18.1. The second-order valence-corrected chi connectivity index (χ2v) is 8.08. The molecule has 142 valence electrons. The smallest absolute Gasteiger partial charge is 0.408 e. The van der Waals surface area contributed by atoms with Gasteiger partial charge in [-0.2, -0.15) is 0 Å². The summed E-state index contributed by atoms with van der Waals surface area (Å²) in [6.07, 6.45) is 7.20. The molecule has 2 aromatic rings. The maximum atomic E-state index is 12.4. The van der Waals surface area contributed by atoms with Crippen LogP contribution in [0.25, 0.3) is 11.1 Å². The molecule has 0 spiro atoms. The van der Waals surface area contributed by atoms with E-state index in [-0.39, 0.29) is 17.3 Å². The number of fused-ring (bicyclic) bond motifs is 1. The van der Waals surface area contributed by atoms with Gasteiger partial charge in [0, 0.05) is 31.3 Å². The monoisotopic (exact) mass is 358 g/mol. The van der Waals surface area contributed by atoms with Crippen molar-refractivity contribution in [1.82, 2.24) is 9.47 Å². The Morgan fingerprint density at radius 3 is 2.54 bits per heavy atom. The van der Waals surface area contributed by atoms with Gasteiger partial charge in [0.1, 0.15) is 0 Å². The van der Waals surface area contributed by atoms with E-state index in [1.54, 1.807) is 0 Å². The number of hydrogen-bond acceptors (Lipinski definition) is 4. The highest BCUT2D eigenvalue weighted by atomic mass is 16.5. The van der Waals surface area contributed by atoms with Crippen molar-refractivity contribution < 1.29 is 9.15 Å². The van der Waals surface area contributed by atoms with Gasteiger partial charge in [0.05, 0.1) is 11.6 Å². The SMILES string of the molecule is CCO[C@H]1CC[C@](C)(N2CCC(n3c(=O)oc4ccccc43)CC2)CC1. The summed E-state index contributed by atoms with van der Waals surface area (Å²) in [5, 5.41) is 0. The molecule has 2 aliphatic rings. The standard InChI is InChI=1S/C21H30N2O3/c1-3-25-17-8-12-21(2,13-9-17)22-14-10-16(11-15-22)23-18-6-4-5-7-19(18)26-20(23)24/h4-7,16-17H,3,8-15H2,1-2H3/t17-,21-. The fourth-order valence-corrected chi connectivity index (χ4v) is 4.93. The van der Waals surface area contributed by atoms with E-state index in [2.05, 4.69) is 18.7 Å². The lowest BCUT2D eigenvalue weighted by Crippen LogP contribution is -2.52. The molecule has 1 aliphatic carbocycles. The van der Waals surface area contributed by atoms with Crippen LogP contribution >= 0.6 is 0 Å². The van der Waals surface area contributed by atoms with E-state index in [1.165, 1.54) is 12.8 Å². The minimum atomic E-state index is -0.215. The highest BCUT2D eigenvalue weighted by Crippen LogP contribution is 2.38. The Bertz CT molecular complexity index is 793. The van der Waals surface area contributed by atoms with Gasteiger partial charge in [-0.1, -0.05) is 12.1 Å². The average molecular weight is 358 g/mol. The predicted molar refractivity (Wildman–Crippen MR) is 103 cm³/mol. The van der Waals surface area contributed by atoms with Crippen LogP contribution in [0, 0.1) is 0 Å². The van der Waals surface area contributed by atoms with E-state index < -0.39 is 0 Å². The first-order valence-electron chi connectivity index (χ1n) is 10.1. The fraction of sp³-hybridized carbons (Fsp3) is 0.667. The maximum Gasteiger partial charge on any atom is 0.420 e. The van der Waals surface area contributed by atoms with Gasteiger partial charge in [-0.25, -0.2) is 4.79 Å². The lowest BCUT2D eigenvalue weighted by Gasteiger charge is -2.48. The molecule has 1 saturated carbocycles. The third-order valence-electron chi connectivity index (χ3n) is 6.52. The minimum Gasteiger partial charge on any atom is -0.408 e. The van der Waals surface area contributed by atoms with Gasteiger partial charge in [0.15, 0.2) is 5.58 Å². The molecule has 4 rings (SSSR count). The summed E-state index contributed by atoms with van der Waals surface area (Å²) in [5.41, 5.74) is 1.91. The van der Waals surface area contributed by atoms with Crippen LogP contribution in [-0.2, 0) is 4.74 Å². The molecule has 1 aromatic heterocycles. The molecule has 0 bridgehead atoms. The predicted octanol–water partition coefficient (Wildman–Crippen LogP) is 3.97. The van der Waals surface area contributed by atoms with Gasteiger partial charge in [0.25, 0.3) is 0 Å². The number of piperidine rings is 1. The molecule has 1 aliphatic heterocycles. The fourth-order valence-electron chi connectivity index (χ4n) is 4.93. The molecule has 2 fully saturated rings. The number of para-hydroxylation sites is 2. The summed E-state index contributed by atoms with van der Waals surface area (Å²) in [5.74, 6) is -0.215. The van der Waals surface area contributed by atoms with E-state index in [0.29, 0.717) is 11.7 Å². The van der Waals surface area contributed by atoms with Crippen molar-refractivity contribution in [2.75, 3.05) is 19.7 Å². The van der Waals surface area contributed by atoms with E-state index in [4.69, 9.17) is 9.15 Å². The van der Waals surface area contributed by atoms with Crippen LogP contribution in [0.1, 0.15) is 58.4 Å². The summed E-state index contributed by atoms with van der Waals surface area (Å²) in [7, 11) is 0. The first-order valence-corrected chi connectivity index (χ1v) is 10.1. The number of benzene rings is 1. The Hall–Kier alpha value is -1.59. The number of ether oxygens (including phenoxy) is 1. The van der Waals surface area contributed by atoms with Crippen LogP contribution < -0.4 is 5.76 Å². The molecule has 0 radical (unpaired) electrons. The molecule has 26 heavy (non-hydrogen) atoms. The largest absolute Gasteiger partial charge is 0.420 e. The van der Waals surface area contributed by atoms with E-state index in [1.807, 2.05) is 28.8 Å². The highest BCUT2D eigenvalue weighted by Gasteiger charge is 2.38. The summed E-state index contributed by atoms with van der Waals surface area (Å²) in [6, 6.07) is 7.99. The van der Waals surface area contributed by atoms with Crippen LogP contribution in [0.2, 0.25) is 0 Å². The number of hydrogen-bond donors (Lipinski definition) is 0. The molecule has 0 atom stereocenters. The van der Waals surface area contributed by atoms with Crippen LogP contribution in [0.5, 0.6) is 0 Å². The average Bonchev–Trinajstić information content (AvgIpc) is 3.00. The topological polar surface area (TPSA) is 47.6 Å². The van der Waals surface area contributed by atoms with Crippen molar-refractivity contribution in [2.45, 2.75) is 70.1 Å². The van der Waals surface area contributed by atoms with Gasteiger partial charge in [-0.15, -0.1) is 0 Å². The van der Waals surface area contributed by atoms with Crippen molar-refractivity contribution in [2.24, 2.45) is 0 Å². The second kappa shape index (κ2) is 7.20. The van der Waals surface area contributed by atoms with E-state index in [0.717, 1.165) is 50.9 Å². The van der Waals surface area contributed by atoms with Gasteiger partial charge in [-0.3, -0.25) is 9.47 Å². The minimum absolute atomic E-state index is 0.215. The molecule has 1 saturated heterocycles. The van der Waals surface area contributed by atoms with Crippen molar-refractivity contribution in [3.05, 3.63) is 34.8 Å². The Morgan fingerprint density at radius 1 is 1.15 bits per heavy atom. The summed E-state index contributed by atoms with van der Waals surface area (Å²) in [4.78, 5) is 15.0. The van der Waals surface area contributed by atoms with E-state index in [9.17, 15) is 4.79 Å². The van der Waals surface area contributed by atoms with Gasteiger partial charge < -0.3 is 9.15 Å². The van der Waals surface area contributed by atoms with Crippen LogP contribution in [0.3, 0.4) is 0 Å². The Balaban J connectivity index is 1.43. The van der Waals surface area contributed by atoms with Crippen molar-refractivity contribution in [3.63, 3.8) is 0 Å². The number of rotatable bonds is 4. The molecular formula is C21H30N2O3. The first-order chi connectivity index (χ1) is 12.6. The zero-order valence-corrected chi connectivity index (χ0v) is 15.9. The first kappa shape index (κ1) is 17.8. The lowest BCUT2D eigenvalue weighted by molar-refractivity contribution is -0.0274. The Labute approximate surface area is 154 Å². The van der Waals surface area contributed by atoms with Crippen molar-refractivity contribution in [3.8, 4) is 0 Å². The molecule has 1 aromatic carbocycles. The summed E-state index contributed by atoms with van der Waals surface area (Å²) >= 11 is 0. The zero-order valence-electron chi connectivity index (χ0n) is 15.9. The van der Waals surface area contributed by atoms with Gasteiger partial charge >= 0.3 is 5.76 Å². The Kier molecular flexibility index (Phi) is 4.93. The number of nitrogens with zero attached hydrogens (tertiary/aromatic N) is 2. The maximum absolute atomic E-state index is 12.4. The quantitative estimate of drug-likeness (QED) is 0.830. The Morgan fingerprint density at radius 2 is 1.85 bits per heavy atom. The van der Waals surface area contributed by atoms with Crippen LogP contribution in [0.4, 0.5) is 0 Å². The van der Waals surface area contributed by atoms with Gasteiger partial charge in [-0.05, 0) is 64.5 Å². The highest BCUT2D eigenvalue weighted by molar-refractivity contribution is 5.72.